The fourth-order valence-electron chi connectivity index (χ4n) is 2.02. The number of nitrogen functional groups attached to an aromatic ring is 1. The number of anilines is 1. The maximum Gasteiger partial charge on any atom is 0.261 e. The molecule has 6 heteroatoms. The zero-order valence-electron chi connectivity index (χ0n) is 10.5. The fourth-order valence-corrected chi connectivity index (χ4v) is 2.02. The van der Waals surface area contributed by atoms with Crippen LogP contribution in [-0.2, 0) is 4.79 Å². The van der Waals surface area contributed by atoms with Gasteiger partial charge in [-0.1, -0.05) is 0 Å². The average molecular weight is 263 g/mol. The summed E-state index contributed by atoms with van der Waals surface area (Å²) in [5, 5.41) is 2.77. The Morgan fingerprint density at radius 2 is 2.16 bits per heavy atom. The predicted octanol–water partition coefficient (Wildman–Crippen LogP) is 0.415. The summed E-state index contributed by atoms with van der Waals surface area (Å²) in [6.07, 6.45) is 1.81. The lowest BCUT2D eigenvalue weighted by Crippen LogP contribution is -2.36. The number of carbonyl (C=O) groups excluding carboxylic acids is 2. The molecule has 1 unspecified atom stereocenters. The fraction of sp³-hybridized carbons (Fsp3) is 0.385. The molecule has 1 heterocycles. The van der Waals surface area contributed by atoms with Gasteiger partial charge in [0.2, 0.25) is 0 Å². The van der Waals surface area contributed by atoms with Crippen LogP contribution in [0.2, 0.25) is 0 Å². The van der Waals surface area contributed by atoms with Gasteiger partial charge in [-0.15, -0.1) is 0 Å². The van der Waals surface area contributed by atoms with Crippen molar-refractivity contribution >= 4 is 17.5 Å². The van der Waals surface area contributed by atoms with Crippen LogP contribution in [0.15, 0.2) is 18.2 Å². The lowest BCUT2D eigenvalue weighted by Gasteiger charge is -2.17. The Morgan fingerprint density at radius 1 is 1.37 bits per heavy atom. The largest absolute Gasteiger partial charge is 0.480 e. The molecule has 1 saturated heterocycles. The van der Waals surface area contributed by atoms with E-state index in [-0.39, 0.29) is 17.2 Å². The highest BCUT2D eigenvalue weighted by Crippen LogP contribution is 2.24. The minimum atomic E-state index is -0.609. The number of amides is 2. The van der Waals surface area contributed by atoms with E-state index in [4.69, 9.17) is 16.2 Å². The number of rotatable bonds is 3. The third-order valence-electron chi connectivity index (χ3n) is 3.03. The summed E-state index contributed by atoms with van der Waals surface area (Å²) in [4.78, 5) is 23.1. The molecule has 102 valence electrons. The Balaban J connectivity index is 2.23. The van der Waals surface area contributed by atoms with Crippen molar-refractivity contribution in [3.8, 4) is 5.75 Å². The maximum atomic E-state index is 11.8. The van der Waals surface area contributed by atoms with Crippen molar-refractivity contribution < 1.29 is 14.3 Å². The van der Waals surface area contributed by atoms with Gasteiger partial charge >= 0.3 is 0 Å². The Kier molecular flexibility index (Phi) is 3.89. The van der Waals surface area contributed by atoms with Crippen LogP contribution < -0.4 is 21.5 Å². The van der Waals surface area contributed by atoms with E-state index in [0.717, 1.165) is 12.8 Å². The van der Waals surface area contributed by atoms with Gasteiger partial charge in [0.25, 0.3) is 11.8 Å². The molecule has 1 aromatic rings. The standard InChI is InChI=1S/C13H17N3O3/c14-8-4-5-9(12(15)17)11(7-8)19-10-3-1-2-6-16-13(10)18/h4-5,7,10H,1-3,6,14H2,(H2,15,17)(H,16,18). The average Bonchev–Trinajstić information content (AvgIpc) is 2.55. The van der Waals surface area contributed by atoms with Gasteiger partial charge in [0.1, 0.15) is 5.75 Å². The van der Waals surface area contributed by atoms with E-state index in [0.29, 0.717) is 18.7 Å². The van der Waals surface area contributed by atoms with E-state index in [9.17, 15) is 9.59 Å². The summed E-state index contributed by atoms with van der Waals surface area (Å²) < 4.78 is 5.63. The number of nitrogens with two attached hydrogens (primary N) is 2. The molecule has 19 heavy (non-hydrogen) atoms. The number of primary amides is 1. The maximum absolute atomic E-state index is 11.8. The van der Waals surface area contributed by atoms with Crippen molar-refractivity contribution in [1.29, 1.82) is 0 Å². The third kappa shape index (κ3) is 3.15. The van der Waals surface area contributed by atoms with Gasteiger partial charge in [0, 0.05) is 18.3 Å². The number of hydrogen-bond acceptors (Lipinski definition) is 4. The minimum Gasteiger partial charge on any atom is -0.480 e. The molecule has 1 aliphatic rings. The normalized spacial score (nSPS) is 19.4. The molecule has 1 aromatic carbocycles. The van der Waals surface area contributed by atoms with E-state index < -0.39 is 12.0 Å². The van der Waals surface area contributed by atoms with Crippen LogP contribution in [-0.4, -0.2) is 24.5 Å². The second kappa shape index (κ2) is 5.60. The van der Waals surface area contributed by atoms with Crippen molar-refractivity contribution in [2.75, 3.05) is 12.3 Å². The smallest absolute Gasteiger partial charge is 0.261 e. The van der Waals surface area contributed by atoms with Gasteiger partial charge < -0.3 is 21.5 Å². The van der Waals surface area contributed by atoms with Crippen molar-refractivity contribution in [1.82, 2.24) is 5.32 Å². The van der Waals surface area contributed by atoms with Crippen LogP contribution in [0.4, 0.5) is 5.69 Å². The van der Waals surface area contributed by atoms with E-state index in [1.165, 1.54) is 12.1 Å². The van der Waals surface area contributed by atoms with Gasteiger partial charge in [-0.25, -0.2) is 0 Å². The van der Waals surface area contributed by atoms with Crippen molar-refractivity contribution in [3.05, 3.63) is 23.8 Å². The molecule has 1 fully saturated rings. The van der Waals surface area contributed by atoms with Gasteiger partial charge in [0.15, 0.2) is 6.10 Å². The quantitative estimate of drug-likeness (QED) is 0.686. The Morgan fingerprint density at radius 3 is 2.89 bits per heavy atom. The Hall–Kier alpha value is -2.24. The molecule has 0 bridgehead atoms. The topological polar surface area (TPSA) is 107 Å². The van der Waals surface area contributed by atoms with Gasteiger partial charge in [0.05, 0.1) is 5.56 Å². The van der Waals surface area contributed by atoms with Crippen molar-refractivity contribution in [2.24, 2.45) is 5.73 Å². The van der Waals surface area contributed by atoms with E-state index >= 15 is 0 Å². The first-order valence-electron chi connectivity index (χ1n) is 6.21. The molecule has 1 atom stereocenters. The second-order valence-electron chi connectivity index (χ2n) is 4.51. The number of nitrogens with one attached hydrogen (secondary N) is 1. The molecule has 1 aliphatic heterocycles. The first kappa shape index (κ1) is 13.2. The van der Waals surface area contributed by atoms with Crippen LogP contribution in [0.3, 0.4) is 0 Å². The third-order valence-corrected chi connectivity index (χ3v) is 3.03. The van der Waals surface area contributed by atoms with Gasteiger partial charge in [-0.3, -0.25) is 9.59 Å². The molecule has 6 nitrogen and oxygen atoms in total. The first-order chi connectivity index (χ1) is 9.08. The minimum absolute atomic E-state index is 0.171. The molecule has 0 saturated carbocycles. The van der Waals surface area contributed by atoms with Crippen molar-refractivity contribution in [2.45, 2.75) is 25.4 Å². The second-order valence-corrected chi connectivity index (χ2v) is 4.51. The molecule has 2 rings (SSSR count). The first-order valence-corrected chi connectivity index (χ1v) is 6.21. The van der Waals surface area contributed by atoms with Crippen LogP contribution in [0.1, 0.15) is 29.6 Å². The summed E-state index contributed by atoms with van der Waals surface area (Å²) in [6, 6.07) is 4.58. The Bertz CT molecular complexity index is 502. The van der Waals surface area contributed by atoms with Gasteiger partial charge in [-0.05, 0) is 31.4 Å². The molecule has 5 N–H and O–H groups in total. The monoisotopic (exact) mass is 263 g/mol. The molecular weight excluding hydrogens is 246 g/mol. The van der Waals surface area contributed by atoms with Crippen LogP contribution in [0.5, 0.6) is 5.75 Å². The summed E-state index contributed by atoms with van der Waals surface area (Å²) in [5.74, 6) is -0.520. The molecular formula is C13H17N3O3. The molecule has 0 radical (unpaired) electrons. The zero-order chi connectivity index (χ0) is 13.8. The number of carbonyl (C=O) groups is 2. The zero-order valence-corrected chi connectivity index (χ0v) is 10.5. The Labute approximate surface area is 111 Å². The SMILES string of the molecule is NC(=O)c1ccc(N)cc1OC1CCCCNC1=O. The number of ether oxygens (including phenoxy) is 1. The molecule has 0 spiro atoms. The molecule has 2 amide bonds. The summed E-state index contributed by atoms with van der Waals surface area (Å²) in [6.45, 7) is 0.651. The number of benzene rings is 1. The van der Waals surface area contributed by atoms with Crippen molar-refractivity contribution in [3.63, 3.8) is 0 Å². The van der Waals surface area contributed by atoms with E-state index in [1.54, 1.807) is 6.07 Å². The highest BCUT2D eigenvalue weighted by molar-refractivity contribution is 5.96. The van der Waals surface area contributed by atoms with E-state index in [1.807, 2.05) is 0 Å². The lowest BCUT2D eigenvalue weighted by atomic mass is 10.1. The summed E-state index contributed by atoms with van der Waals surface area (Å²) >= 11 is 0. The molecule has 0 aliphatic carbocycles. The summed E-state index contributed by atoms with van der Waals surface area (Å²) in [5.41, 5.74) is 11.6. The molecule has 0 aromatic heterocycles. The van der Waals surface area contributed by atoms with E-state index in [2.05, 4.69) is 5.32 Å². The summed E-state index contributed by atoms with van der Waals surface area (Å²) in [7, 11) is 0. The van der Waals surface area contributed by atoms with Crippen LogP contribution >= 0.6 is 0 Å². The van der Waals surface area contributed by atoms with Crippen LogP contribution in [0.25, 0.3) is 0 Å². The lowest BCUT2D eigenvalue weighted by molar-refractivity contribution is -0.127. The highest BCUT2D eigenvalue weighted by atomic mass is 16.5. The van der Waals surface area contributed by atoms with Crippen LogP contribution in [0, 0.1) is 0 Å². The highest BCUT2D eigenvalue weighted by Gasteiger charge is 2.24. The predicted molar refractivity (Wildman–Crippen MR) is 70.6 cm³/mol. The number of hydrogen-bond donors (Lipinski definition) is 3. The van der Waals surface area contributed by atoms with Gasteiger partial charge in [-0.2, -0.15) is 0 Å².